The molecule has 2 aromatic rings. The highest BCUT2D eigenvalue weighted by Gasteiger charge is 2.17. The second-order valence-electron chi connectivity index (χ2n) is 2.94. The third-order valence-electron chi connectivity index (χ3n) is 1.99. The van der Waals surface area contributed by atoms with E-state index in [9.17, 15) is 5.11 Å². The smallest absolute Gasteiger partial charge is 0.126 e. The van der Waals surface area contributed by atoms with Crippen molar-refractivity contribution in [3.05, 3.63) is 45.7 Å². The molecule has 4 nitrogen and oxygen atoms in total. The molecule has 0 radical (unpaired) electrons. The SMILES string of the molecule is OC(c1cn[nH]n1)c1cccc(Cl)c1Cl. The summed E-state index contributed by atoms with van der Waals surface area (Å²) in [5.74, 6) is 0. The molecule has 1 atom stereocenters. The Morgan fingerprint density at radius 2 is 2.13 bits per heavy atom. The molecule has 0 saturated heterocycles. The number of aliphatic hydroxyl groups is 1. The maximum Gasteiger partial charge on any atom is 0.126 e. The van der Waals surface area contributed by atoms with Crippen LogP contribution in [0.3, 0.4) is 0 Å². The first kappa shape index (κ1) is 10.4. The van der Waals surface area contributed by atoms with Crippen LogP contribution < -0.4 is 0 Å². The highest BCUT2D eigenvalue weighted by molar-refractivity contribution is 6.42. The lowest BCUT2D eigenvalue weighted by molar-refractivity contribution is 0.215. The molecule has 0 aliphatic heterocycles. The Morgan fingerprint density at radius 1 is 1.33 bits per heavy atom. The predicted molar refractivity (Wildman–Crippen MR) is 56.9 cm³/mol. The molecule has 1 heterocycles. The third-order valence-corrected chi connectivity index (χ3v) is 2.82. The number of nitrogens with zero attached hydrogens (tertiary/aromatic N) is 2. The van der Waals surface area contributed by atoms with Gasteiger partial charge in [0.2, 0.25) is 0 Å². The van der Waals surface area contributed by atoms with E-state index in [0.717, 1.165) is 0 Å². The molecule has 1 aromatic heterocycles. The Bertz CT molecular complexity index is 458. The van der Waals surface area contributed by atoms with Gasteiger partial charge in [-0.2, -0.15) is 15.4 Å². The molecule has 1 aromatic carbocycles. The lowest BCUT2D eigenvalue weighted by Crippen LogP contribution is -2.01. The van der Waals surface area contributed by atoms with Crippen LogP contribution in [0.15, 0.2) is 24.4 Å². The Balaban J connectivity index is 2.42. The summed E-state index contributed by atoms with van der Waals surface area (Å²) in [7, 11) is 0. The van der Waals surface area contributed by atoms with Crippen LogP contribution in [-0.4, -0.2) is 20.5 Å². The first-order chi connectivity index (χ1) is 7.20. The molecular weight excluding hydrogens is 237 g/mol. The van der Waals surface area contributed by atoms with Crippen molar-refractivity contribution in [3.8, 4) is 0 Å². The molecule has 1 unspecified atom stereocenters. The minimum absolute atomic E-state index is 0.328. The van der Waals surface area contributed by atoms with Gasteiger partial charge in [-0.25, -0.2) is 0 Å². The summed E-state index contributed by atoms with van der Waals surface area (Å²) in [6, 6.07) is 5.06. The van der Waals surface area contributed by atoms with Crippen LogP contribution in [0.4, 0.5) is 0 Å². The van der Waals surface area contributed by atoms with Crippen LogP contribution >= 0.6 is 23.2 Å². The van der Waals surface area contributed by atoms with Crippen molar-refractivity contribution in [3.63, 3.8) is 0 Å². The van der Waals surface area contributed by atoms with Crippen molar-refractivity contribution in [2.45, 2.75) is 6.10 Å². The van der Waals surface area contributed by atoms with Gasteiger partial charge >= 0.3 is 0 Å². The number of aliphatic hydroxyl groups excluding tert-OH is 1. The molecule has 0 aliphatic carbocycles. The fourth-order valence-corrected chi connectivity index (χ4v) is 1.64. The molecule has 78 valence electrons. The summed E-state index contributed by atoms with van der Waals surface area (Å²) in [4.78, 5) is 0. The molecule has 0 saturated carbocycles. The zero-order valence-electron chi connectivity index (χ0n) is 7.48. The minimum Gasteiger partial charge on any atom is -0.382 e. The minimum atomic E-state index is -0.921. The second-order valence-corrected chi connectivity index (χ2v) is 3.73. The van der Waals surface area contributed by atoms with Crippen molar-refractivity contribution < 1.29 is 5.11 Å². The van der Waals surface area contributed by atoms with E-state index >= 15 is 0 Å². The average molecular weight is 244 g/mol. The Hall–Kier alpha value is -1.10. The second kappa shape index (κ2) is 4.18. The molecule has 0 fully saturated rings. The van der Waals surface area contributed by atoms with Crippen molar-refractivity contribution in [2.24, 2.45) is 0 Å². The van der Waals surface area contributed by atoms with Crippen LogP contribution in [-0.2, 0) is 0 Å². The standard InChI is InChI=1S/C9H7Cl2N3O/c10-6-3-1-2-5(8(6)11)9(15)7-4-12-14-13-7/h1-4,9,15H,(H,12,13,14). The number of H-pyrrole nitrogens is 1. The number of hydrogen-bond donors (Lipinski definition) is 2. The van der Waals surface area contributed by atoms with E-state index in [2.05, 4.69) is 15.4 Å². The molecule has 0 spiro atoms. The predicted octanol–water partition coefficient (Wildman–Crippen LogP) is 2.19. The number of nitrogens with one attached hydrogen (secondary N) is 1. The first-order valence-corrected chi connectivity index (χ1v) is 4.93. The molecule has 2 N–H and O–H groups in total. The Labute approximate surface area is 95.8 Å². The summed E-state index contributed by atoms with van der Waals surface area (Å²) in [6.07, 6.45) is 0.511. The van der Waals surface area contributed by atoms with Gasteiger partial charge in [0.25, 0.3) is 0 Å². The lowest BCUT2D eigenvalue weighted by atomic mass is 10.1. The van der Waals surface area contributed by atoms with Gasteiger partial charge in [-0.3, -0.25) is 0 Å². The topological polar surface area (TPSA) is 61.8 Å². The average Bonchev–Trinajstić information content (AvgIpc) is 2.74. The molecule has 0 aliphatic rings. The lowest BCUT2D eigenvalue weighted by Gasteiger charge is -2.10. The fourth-order valence-electron chi connectivity index (χ4n) is 1.23. The highest BCUT2D eigenvalue weighted by Crippen LogP contribution is 2.31. The van der Waals surface area contributed by atoms with E-state index in [0.29, 0.717) is 21.3 Å². The number of rotatable bonds is 2. The largest absolute Gasteiger partial charge is 0.382 e. The van der Waals surface area contributed by atoms with Gasteiger partial charge in [0.05, 0.1) is 16.2 Å². The van der Waals surface area contributed by atoms with Gasteiger partial charge in [0.15, 0.2) is 0 Å². The number of halogens is 2. The molecule has 15 heavy (non-hydrogen) atoms. The molecule has 6 heteroatoms. The molecule has 2 rings (SSSR count). The van der Waals surface area contributed by atoms with Gasteiger partial charge in [-0.05, 0) is 6.07 Å². The highest BCUT2D eigenvalue weighted by atomic mass is 35.5. The van der Waals surface area contributed by atoms with Crippen LogP contribution in [0.1, 0.15) is 17.4 Å². The Morgan fingerprint density at radius 3 is 2.80 bits per heavy atom. The molecular formula is C9H7Cl2N3O. The maximum absolute atomic E-state index is 9.92. The normalized spacial score (nSPS) is 12.7. The van der Waals surface area contributed by atoms with Gasteiger partial charge in [0, 0.05) is 5.56 Å². The quantitative estimate of drug-likeness (QED) is 0.851. The van der Waals surface area contributed by atoms with Crippen molar-refractivity contribution in [1.29, 1.82) is 0 Å². The molecule has 0 amide bonds. The van der Waals surface area contributed by atoms with E-state index < -0.39 is 6.10 Å². The van der Waals surface area contributed by atoms with Gasteiger partial charge in [-0.15, -0.1) is 0 Å². The zero-order valence-corrected chi connectivity index (χ0v) is 9.00. The number of aromatic nitrogens is 3. The number of aromatic amines is 1. The summed E-state index contributed by atoms with van der Waals surface area (Å²) in [6.45, 7) is 0. The summed E-state index contributed by atoms with van der Waals surface area (Å²) in [5, 5.41) is 20.5. The van der Waals surface area contributed by atoms with Crippen molar-refractivity contribution in [2.75, 3.05) is 0 Å². The van der Waals surface area contributed by atoms with E-state index in [1.165, 1.54) is 6.20 Å². The number of hydrogen-bond acceptors (Lipinski definition) is 3. The van der Waals surface area contributed by atoms with Crippen LogP contribution in [0.25, 0.3) is 0 Å². The van der Waals surface area contributed by atoms with E-state index in [1.807, 2.05) is 0 Å². The summed E-state index contributed by atoms with van der Waals surface area (Å²) in [5.41, 5.74) is 0.914. The van der Waals surface area contributed by atoms with Gasteiger partial charge in [0.1, 0.15) is 11.8 Å². The van der Waals surface area contributed by atoms with E-state index in [-0.39, 0.29) is 0 Å². The fraction of sp³-hybridized carbons (Fsp3) is 0.111. The maximum atomic E-state index is 9.92. The first-order valence-electron chi connectivity index (χ1n) is 4.18. The van der Waals surface area contributed by atoms with Crippen molar-refractivity contribution >= 4 is 23.2 Å². The molecule has 0 bridgehead atoms. The van der Waals surface area contributed by atoms with Crippen molar-refractivity contribution in [1.82, 2.24) is 15.4 Å². The zero-order chi connectivity index (χ0) is 10.8. The van der Waals surface area contributed by atoms with E-state index in [1.54, 1.807) is 18.2 Å². The van der Waals surface area contributed by atoms with Gasteiger partial charge in [-0.1, -0.05) is 35.3 Å². The third kappa shape index (κ3) is 1.97. The Kier molecular flexibility index (Phi) is 2.90. The summed E-state index contributed by atoms with van der Waals surface area (Å²) >= 11 is 11.8. The van der Waals surface area contributed by atoms with Crippen LogP contribution in [0.2, 0.25) is 10.0 Å². The van der Waals surface area contributed by atoms with E-state index in [4.69, 9.17) is 23.2 Å². The van der Waals surface area contributed by atoms with Gasteiger partial charge < -0.3 is 5.11 Å². The number of benzene rings is 1. The van der Waals surface area contributed by atoms with Crippen LogP contribution in [0.5, 0.6) is 0 Å². The van der Waals surface area contributed by atoms with Crippen LogP contribution in [0, 0.1) is 0 Å². The summed E-state index contributed by atoms with van der Waals surface area (Å²) < 4.78 is 0. The monoisotopic (exact) mass is 243 g/mol.